The largest absolute Gasteiger partial charge is 0.459 e. The summed E-state index contributed by atoms with van der Waals surface area (Å²) in [5, 5.41) is 11.7. The van der Waals surface area contributed by atoms with E-state index in [1.807, 2.05) is 6.08 Å². The van der Waals surface area contributed by atoms with Gasteiger partial charge in [-0.1, -0.05) is 42.5 Å². The van der Waals surface area contributed by atoms with Gasteiger partial charge in [-0.3, -0.25) is 4.79 Å². The molecule has 2 aromatic carbocycles. The van der Waals surface area contributed by atoms with Crippen LogP contribution in [0.25, 0.3) is 11.1 Å². The van der Waals surface area contributed by atoms with Crippen LogP contribution in [-0.4, -0.2) is 64.0 Å². The van der Waals surface area contributed by atoms with Crippen molar-refractivity contribution in [3.63, 3.8) is 0 Å². The van der Waals surface area contributed by atoms with Crippen LogP contribution in [0.1, 0.15) is 29.0 Å². The van der Waals surface area contributed by atoms with Gasteiger partial charge in [0.1, 0.15) is 0 Å². The van der Waals surface area contributed by atoms with Gasteiger partial charge in [0.15, 0.2) is 5.76 Å². The van der Waals surface area contributed by atoms with Gasteiger partial charge in [0.25, 0.3) is 5.91 Å². The van der Waals surface area contributed by atoms with Crippen molar-refractivity contribution >= 4 is 5.91 Å². The first-order chi connectivity index (χ1) is 16.2. The Morgan fingerprint density at radius 3 is 2.79 bits per heavy atom. The number of ether oxygens (including phenoxy) is 4. The van der Waals surface area contributed by atoms with Crippen molar-refractivity contribution in [2.24, 2.45) is 0 Å². The van der Waals surface area contributed by atoms with Crippen molar-refractivity contribution < 1.29 is 28.8 Å². The van der Waals surface area contributed by atoms with E-state index in [-0.39, 0.29) is 30.8 Å². The summed E-state index contributed by atoms with van der Waals surface area (Å²) in [7, 11) is 1.59. The number of hydrogen-bond donors (Lipinski definition) is 2. The van der Waals surface area contributed by atoms with Gasteiger partial charge in [0.2, 0.25) is 6.29 Å². The predicted octanol–water partition coefficient (Wildman–Crippen LogP) is 2.76. The minimum Gasteiger partial charge on any atom is -0.459 e. The lowest BCUT2D eigenvalue weighted by Gasteiger charge is -2.30. The molecule has 176 valence electrons. The van der Waals surface area contributed by atoms with E-state index in [0.29, 0.717) is 32.8 Å². The molecule has 0 bridgehead atoms. The van der Waals surface area contributed by atoms with Gasteiger partial charge < -0.3 is 29.4 Å². The van der Waals surface area contributed by atoms with E-state index in [1.165, 1.54) is 27.8 Å². The van der Waals surface area contributed by atoms with Gasteiger partial charge in [-0.25, -0.2) is 0 Å². The molecule has 7 nitrogen and oxygen atoms in total. The second-order valence-corrected chi connectivity index (χ2v) is 8.08. The number of allylic oxidation sites excluding steroid dienone is 1. The van der Waals surface area contributed by atoms with Crippen molar-refractivity contribution in [1.29, 1.82) is 0 Å². The zero-order chi connectivity index (χ0) is 23.0. The third-order valence-corrected chi connectivity index (χ3v) is 5.93. The topological polar surface area (TPSA) is 86.3 Å². The fraction of sp³-hybridized carbons (Fsp3) is 0.423. The number of methoxy groups -OCH3 is 1. The lowest BCUT2D eigenvalue weighted by atomic mass is 9.87. The number of hydrogen-bond acceptors (Lipinski definition) is 6. The van der Waals surface area contributed by atoms with E-state index < -0.39 is 6.29 Å². The fourth-order valence-electron chi connectivity index (χ4n) is 4.42. The maximum Gasteiger partial charge on any atom is 0.286 e. The summed E-state index contributed by atoms with van der Waals surface area (Å²) >= 11 is 0. The van der Waals surface area contributed by atoms with E-state index >= 15 is 0 Å². The molecule has 2 aliphatic rings. The van der Waals surface area contributed by atoms with Crippen LogP contribution in [0.15, 0.2) is 54.3 Å². The molecule has 2 N–H and O–H groups in total. The van der Waals surface area contributed by atoms with Gasteiger partial charge in [0.05, 0.1) is 33.0 Å². The summed E-state index contributed by atoms with van der Waals surface area (Å²) in [5.74, 6) is -0.0379. The second kappa shape index (κ2) is 11.4. The van der Waals surface area contributed by atoms with Crippen LogP contribution in [-0.2, 0) is 30.2 Å². The monoisotopic (exact) mass is 453 g/mol. The van der Waals surface area contributed by atoms with E-state index in [1.54, 1.807) is 7.11 Å². The summed E-state index contributed by atoms with van der Waals surface area (Å²) in [6.07, 6.45) is 2.81. The molecular weight excluding hydrogens is 422 g/mol. The second-order valence-electron chi connectivity index (χ2n) is 8.08. The van der Waals surface area contributed by atoms with Crippen LogP contribution >= 0.6 is 0 Å². The third-order valence-electron chi connectivity index (χ3n) is 5.93. The Labute approximate surface area is 194 Å². The molecule has 1 aliphatic carbocycles. The molecule has 1 aliphatic heterocycles. The van der Waals surface area contributed by atoms with Crippen LogP contribution in [0, 0.1) is 0 Å². The highest BCUT2D eigenvalue weighted by Gasteiger charge is 2.31. The standard InChI is InChI=1S/C26H31NO6/c1-30-11-9-27-26(29)24-16-19(17-25(33-24)32-14-13-31-12-10-28)21-7-4-8-22-20-6-3-2-5-18(20)15-23(21)22/h2-8,16,19,25,28H,9-15,17H2,1H3,(H,27,29)/t19-,25+/m1/s1. The smallest absolute Gasteiger partial charge is 0.286 e. The number of benzene rings is 2. The van der Waals surface area contributed by atoms with Crippen molar-refractivity contribution in [2.45, 2.75) is 25.0 Å². The fourth-order valence-corrected chi connectivity index (χ4v) is 4.42. The minimum absolute atomic E-state index is 0.0189. The molecule has 0 unspecified atom stereocenters. The number of amides is 1. The molecule has 0 saturated carbocycles. The van der Waals surface area contributed by atoms with Crippen molar-refractivity contribution in [3.05, 3.63) is 71.0 Å². The van der Waals surface area contributed by atoms with Crippen molar-refractivity contribution in [1.82, 2.24) is 5.32 Å². The molecular formula is C26H31NO6. The summed E-state index contributed by atoms with van der Waals surface area (Å²) in [4.78, 5) is 12.8. The predicted molar refractivity (Wildman–Crippen MR) is 124 cm³/mol. The maximum atomic E-state index is 12.8. The van der Waals surface area contributed by atoms with Gasteiger partial charge in [0, 0.05) is 26.0 Å². The van der Waals surface area contributed by atoms with Crippen LogP contribution in [0.3, 0.4) is 0 Å². The summed E-state index contributed by atoms with van der Waals surface area (Å²) in [6.45, 7) is 1.72. The molecule has 2 atom stereocenters. The Morgan fingerprint density at radius 1 is 1.09 bits per heavy atom. The SMILES string of the molecule is COCCNC(=O)C1=C[C@@H](c2cccc3c2Cc2ccccc2-3)C[C@@H](OCCOCCO)O1. The normalized spacial score (nSPS) is 18.8. The lowest BCUT2D eigenvalue weighted by molar-refractivity contribution is -0.151. The van der Waals surface area contributed by atoms with E-state index in [2.05, 4.69) is 47.8 Å². The number of rotatable bonds is 11. The third kappa shape index (κ3) is 5.62. The number of nitrogens with one attached hydrogen (secondary N) is 1. The first kappa shape index (κ1) is 23.4. The van der Waals surface area contributed by atoms with Gasteiger partial charge >= 0.3 is 0 Å². The Morgan fingerprint density at radius 2 is 1.94 bits per heavy atom. The Hall–Kier alpha value is -2.71. The quantitative estimate of drug-likeness (QED) is 0.434. The van der Waals surface area contributed by atoms with E-state index in [9.17, 15) is 4.79 Å². The Bertz CT molecular complexity index is 988. The zero-order valence-corrected chi connectivity index (χ0v) is 18.9. The molecule has 0 aromatic heterocycles. The molecule has 0 fully saturated rings. The van der Waals surface area contributed by atoms with Crippen LogP contribution < -0.4 is 5.32 Å². The molecule has 0 radical (unpaired) electrons. The highest BCUT2D eigenvalue weighted by atomic mass is 16.7. The number of carbonyl (C=O) groups excluding carboxylic acids is 1. The number of fused-ring (bicyclic) bond motifs is 3. The van der Waals surface area contributed by atoms with Crippen LogP contribution in [0.4, 0.5) is 0 Å². The summed E-state index contributed by atoms with van der Waals surface area (Å²) < 4.78 is 22.1. The van der Waals surface area contributed by atoms with Gasteiger partial charge in [-0.15, -0.1) is 0 Å². The van der Waals surface area contributed by atoms with Gasteiger partial charge in [-0.2, -0.15) is 0 Å². The number of carbonyl (C=O) groups is 1. The number of aliphatic hydroxyl groups excluding tert-OH is 1. The average Bonchev–Trinajstić information content (AvgIpc) is 3.23. The Kier molecular flexibility index (Phi) is 8.12. The highest BCUT2D eigenvalue weighted by Crippen LogP contribution is 2.42. The number of aliphatic hydroxyl groups is 1. The molecule has 7 heteroatoms. The Balaban J connectivity index is 1.55. The van der Waals surface area contributed by atoms with E-state index in [0.717, 1.165) is 6.42 Å². The first-order valence-electron chi connectivity index (χ1n) is 11.4. The van der Waals surface area contributed by atoms with Crippen LogP contribution in [0.2, 0.25) is 0 Å². The lowest BCUT2D eigenvalue weighted by Crippen LogP contribution is -2.34. The van der Waals surface area contributed by atoms with Crippen molar-refractivity contribution in [2.75, 3.05) is 46.7 Å². The van der Waals surface area contributed by atoms with Crippen molar-refractivity contribution in [3.8, 4) is 11.1 Å². The molecule has 0 spiro atoms. The molecule has 2 aromatic rings. The maximum absolute atomic E-state index is 12.8. The molecule has 1 amide bonds. The van der Waals surface area contributed by atoms with Crippen LogP contribution in [0.5, 0.6) is 0 Å². The molecule has 0 saturated heterocycles. The van der Waals surface area contributed by atoms with E-state index in [4.69, 9.17) is 24.1 Å². The van der Waals surface area contributed by atoms with Gasteiger partial charge in [-0.05, 0) is 40.3 Å². The molecule has 1 heterocycles. The summed E-state index contributed by atoms with van der Waals surface area (Å²) in [6, 6.07) is 14.9. The average molecular weight is 454 g/mol. The highest BCUT2D eigenvalue weighted by molar-refractivity contribution is 5.91. The molecule has 4 rings (SSSR count). The molecule has 33 heavy (non-hydrogen) atoms. The first-order valence-corrected chi connectivity index (χ1v) is 11.4. The minimum atomic E-state index is -0.569. The summed E-state index contributed by atoms with van der Waals surface area (Å²) in [5.41, 5.74) is 6.34. The zero-order valence-electron chi connectivity index (χ0n) is 18.9.